The van der Waals surface area contributed by atoms with Gasteiger partial charge in [-0.05, 0) is 85.1 Å². The van der Waals surface area contributed by atoms with E-state index in [1.807, 2.05) is 12.1 Å². The highest BCUT2D eigenvalue weighted by molar-refractivity contribution is 5.34. The molecule has 0 spiro atoms. The Morgan fingerprint density at radius 1 is 0.844 bits per heavy atom. The minimum atomic E-state index is -2.48. The van der Waals surface area contributed by atoms with Crippen molar-refractivity contribution in [2.75, 3.05) is 13.2 Å². The first kappa shape index (κ1) is 24.9. The molecular formula is C28H38F2O2. The Morgan fingerprint density at radius 3 is 2.12 bits per heavy atom. The molecule has 0 atom stereocenters. The van der Waals surface area contributed by atoms with Gasteiger partial charge < -0.3 is 10.2 Å². The summed E-state index contributed by atoms with van der Waals surface area (Å²) in [5, 5.41) is 18.3. The van der Waals surface area contributed by atoms with E-state index in [0.717, 1.165) is 29.9 Å². The van der Waals surface area contributed by atoms with E-state index in [1.165, 1.54) is 36.8 Å². The third-order valence-electron chi connectivity index (χ3n) is 7.19. The maximum absolute atomic E-state index is 13.7. The van der Waals surface area contributed by atoms with E-state index < -0.39 is 6.43 Å². The lowest BCUT2D eigenvalue weighted by atomic mass is 9.79. The summed E-state index contributed by atoms with van der Waals surface area (Å²) in [7, 11) is 0. The summed E-state index contributed by atoms with van der Waals surface area (Å²) in [5.41, 5.74) is 4.36. The van der Waals surface area contributed by atoms with Crippen molar-refractivity contribution in [3.63, 3.8) is 0 Å². The molecule has 0 aliphatic heterocycles. The number of hydrogen-bond donors (Lipinski definition) is 2. The maximum atomic E-state index is 13.7. The van der Waals surface area contributed by atoms with Crippen LogP contribution in [0, 0.1) is 11.8 Å². The second-order valence-corrected chi connectivity index (χ2v) is 9.66. The summed E-state index contributed by atoms with van der Waals surface area (Å²) in [4.78, 5) is 0. The average molecular weight is 445 g/mol. The molecule has 2 aromatic carbocycles. The SMILES string of the molecule is CC1CCC(c2ccc(CCc3ccc(CCCC(CO)CO)cc3C(F)F)cc2)CC1. The van der Waals surface area contributed by atoms with Gasteiger partial charge in [0.1, 0.15) is 0 Å². The van der Waals surface area contributed by atoms with Crippen molar-refractivity contribution >= 4 is 0 Å². The topological polar surface area (TPSA) is 40.5 Å². The molecule has 3 rings (SSSR count). The summed E-state index contributed by atoms with van der Waals surface area (Å²) in [6, 6.07) is 14.2. The fourth-order valence-corrected chi connectivity index (χ4v) is 4.89. The molecule has 0 amide bonds. The first-order valence-electron chi connectivity index (χ1n) is 12.2. The Balaban J connectivity index is 1.56. The zero-order valence-corrected chi connectivity index (χ0v) is 19.3. The predicted molar refractivity (Wildman–Crippen MR) is 126 cm³/mol. The van der Waals surface area contributed by atoms with Gasteiger partial charge in [0.2, 0.25) is 0 Å². The van der Waals surface area contributed by atoms with Crippen LogP contribution in [0.4, 0.5) is 8.78 Å². The largest absolute Gasteiger partial charge is 0.396 e. The van der Waals surface area contributed by atoms with Gasteiger partial charge in [0.25, 0.3) is 6.43 Å². The van der Waals surface area contributed by atoms with Crippen molar-refractivity contribution in [2.45, 2.75) is 77.1 Å². The molecule has 2 nitrogen and oxygen atoms in total. The molecule has 176 valence electrons. The summed E-state index contributed by atoms with van der Waals surface area (Å²) in [6.07, 6.45) is 6.17. The minimum absolute atomic E-state index is 0.0431. The van der Waals surface area contributed by atoms with Crippen LogP contribution in [0.3, 0.4) is 0 Å². The third-order valence-corrected chi connectivity index (χ3v) is 7.19. The number of aliphatic hydroxyl groups excluding tert-OH is 2. The molecular weight excluding hydrogens is 406 g/mol. The number of hydrogen-bond acceptors (Lipinski definition) is 2. The third kappa shape index (κ3) is 7.11. The molecule has 0 unspecified atom stereocenters. The lowest BCUT2D eigenvalue weighted by molar-refractivity contribution is 0.142. The van der Waals surface area contributed by atoms with Gasteiger partial charge in [-0.1, -0.05) is 56.2 Å². The van der Waals surface area contributed by atoms with Gasteiger partial charge in [0.05, 0.1) is 0 Å². The fourth-order valence-electron chi connectivity index (χ4n) is 4.89. The molecule has 1 aliphatic rings. The second-order valence-electron chi connectivity index (χ2n) is 9.66. The molecule has 2 aromatic rings. The summed E-state index contributed by atoms with van der Waals surface area (Å²) >= 11 is 0. The minimum Gasteiger partial charge on any atom is -0.396 e. The van der Waals surface area contributed by atoms with Gasteiger partial charge in [-0.25, -0.2) is 8.78 Å². The Morgan fingerprint density at radius 2 is 1.50 bits per heavy atom. The van der Waals surface area contributed by atoms with E-state index in [2.05, 4.69) is 31.2 Å². The molecule has 1 aliphatic carbocycles. The Kier molecular flexibility index (Phi) is 9.68. The number of alkyl halides is 2. The van der Waals surface area contributed by atoms with Crippen molar-refractivity contribution < 1.29 is 19.0 Å². The molecule has 0 aromatic heterocycles. The van der Waals surface area contributed by atoms with Crippen molar-refractivity contribution in [3.8, 4) is 0 Å². The lowest BCUT2D eigenvalue weighted by Gasteiger charge is -2.26. The highest BCUT2D eigenvalue weighted by atomic mass is 19.3. The maximum Gasteiger partial charge on any atom is 0.264 e. The van der Waals surface area contributed by atoms with Crippen molar-refractivity contribution in [2.24, 2.45) is 11.8 Å². The van der Waals surface area contributed by atoms with E-state index in [1.54, 1.807) is 6.07 Å². The van der Waals surface area contributed by atoms with E-state index in [9.17, 15) is 8.78 Å². The van der Waals surface area contributed by atoms with Crippen LogP contribution in [-0.4, -0.2) is 23.4 Å². The number of halogens is 2. The van der Waals surface area contributed by atoms with E-state index >= 15 is 0 Å². The van der Waals surface area contributed by atoms with Crippen molar-refractivity contribution in [3.05, 3.63) is 70.3 Å². The molecule has 4 heteroatoms. The molecule has 0 bridgehead atoms. The molecule has 0 saturated heterocycles. The van der Waals surface area contributed by atoms with Gasteiger partial charge in [0.15, 0.2) is 0 Å². The van der Waals surface area contributed by atoms with Crippen LogP contribution in [0.2, 0.25) is 0 Å². The Bertz CT molecular complexity index is 807. The molecule has 32 heavy (non-hydrogen) atoms. The van der Waals surface area contributed by atoms with Gasteiger partial charge in [-0.3, -0.25) is 0 Å². The zero-order valence-electron chi connectivity index (χ0n) is 19.3. The zero-order chi connectivity index (χ0) is 22.9. The van der Waals surface area contributed by atoms with Crippen LogP contribution in [-0.2, 0) is 19.3 Å². The second kappa shape index (κ2) is 12.5. The summed E-state index contributed by atoms with van der Waals surface area (Å²) in [5.74, 6) is 1.39. The average Bonchev–Trinajstić information content (AvgIpc) is 2.81. The van der Waals surface area contributed by atoms with Crippen LogP contribution in [0.25, 0.3) is 0 Å². The number of rotatable bonds is 11. The molecule has 2 N–H and O–H groups in total. The van der Waals surface area contributed by atoms with Gasteiger partial charge in [0, 0.05) is 24.7 Å². The highest BCUT2D eigenvalue weighted by Crippen LogP contribution is 2.35. The Hall–Kier alpha value is -1.78. The Labute approximate surface area is 191 Å². The van der Waals surface area contributed by atoms with Crippen molar-refractivity contribution in [1.29, 1.82) is 0 Å². The monoisotopic (exact) mass is 444 g/mol. The molecule has 1 saturated carbocycles. The quantitative estimate of drug-likeness (QED) is 0.408. The predicted octanol–water partition coefficient (Wildman–Crippen LogP) is 6.63. The van der Waals surface area contributed by atoms with E-state index in [4.69, 9.17) is 10.2 Å². The van der Waals surface area contributed by atoms with Crippen LogP contribution in [0.5, 0.6) is 0 Å². The highest BCUT2D eigenvalue weighted by Gasteiger charge is 2.19. The molecule has 1 fully saturated rings. The molecule has 0 heterocycles. The van der Waals surface area contributed by atoms with Crippen LogP contribution in [0.15, 0.2) is 42.5 Å². The van der Waals surface area contributed by atoms with Crippen molar-refractivity contribution in [1.82, 2.24) is 0 Å². The van der Waals surface area contributed by atoms with Gasteiger partial charge >= 0.3 is 0 Å². The summed E-state index contributed by atoms with van der Waals surface area (Å²) in [6.45, 7) is 2.25. The van der Waals surface area contributed by atoms with Crippen LogP contribution < -0.4 is 0 Å². The standard InChI is InChI=1S/C28H38F2O2/c1-20-5-11-24(12-6-20)25-13-7-21(8-14-25)9-15-26-16-10-22(17-27(26)28(29)30)3-2-4-23(18-31)19-32/h7-8,10,13-14,16-17,20,23-24,28,31-32H,2-6,9,11-12,15,18-19H2,1H3. The first-order valence-corrected chi connectivity index (χ1v) is 12.2. The van der Waals surface area contributed by atoms with E-state index in [-0.39, 0.29) is 24.7 Å². The summed E-state index contributed by atoms with van der Waals surface area (Å²) < 4.78 is 27.4. The number of benzene rings is 2. The van der Waals surface area contributed by atoms with Crippen LogP contribution in [0.1, 0.15) is 85.6 Å². The smallest absolute Gasteiger partial charge is 0.264 e. The lowest BCUT2D eigenvalue weighted by Crippen LogP contribution is -2.11. The normalized spacial score (nSPS) is 19.1. The van der Waals surface area contributed by atoms with E-state index in [0.29, 0.717) is 25.2 Å². The van der Waals surface area contributed by atoms with Crippen LogP contribution >= 0.6 is 0 Å². The first-order chi connectivity index (χ1) is 15.5. The van der Waals surface area contributed by atoms with Gasteiger partial charge in [-0.15, -0.1) is 0 Å². The number of aryl methyl sites for hydroxylation is 3. The number of aliphatic hydroxyl groups is 2. The fraction of sp³-hybridized carbons (Fsp3) is 0.571. The van der Waals surface area contributed by atoms with Gasteiger partial charge in [-0.2, -0.15) is 0 Å². The molecule has 0 radical (unpaired) electrons.